The van der Waals surface area contributed by atoms with Gasteiger partial charge in [-0.2, -0.15) is 0 Å². The van der Waals surface area contributed by atoms with Crippen LogP contribution in [-0.2, 0) is 9.78 Å². The summed E-state index contributed by atoms with van der Waals surface area (Å²) in [5, 5.41) is 8.89. The fraction of sp³-hybridized carbons (Fsp3) is 0.500. The molecular formula is C10H10Br2N2O3. The van der Waals surface area contributed by atoms with Gasteiger partial charge in [-0.3, -0.25) is 9.36 Å². The van der Waals surface area contributed by atoms with Crippen LogP contribution in [0.4, 0.5) is 0 Å². The van der Waals surface area contributed by atoms with Crippen LogP contribution in [0.25, 0.3) is 0 Å². The monoisotopic (exact) mass is 364 g/mol. The van der Waals surface area contributed by atoms with Gasteiger partial charge in [-0.1, -0.05) is 38.8 Å². The molecule has 0 saturated heterocycles. The lowest BCUT2D eigenvalue weighted by atomic mass is 10.0. The van der Waals surface area contributed by atoms with E-state index in [0.717, 1.165) is 12.6 Å². The highest BCUT2D eigenvalue weighted by molar-refractivity contribution is 9.24. The summed E-state index contributed by atoms with van der Waals surface area (Å²) in [4.78, 5) is 26.9. The number of hydrogen-bond donors (Lipinski definition) is 1. The Labute approximate surface area is 114 Å². The number of carboxylic acid groups (broad SMARTS) is 1. The van der Waals surface area contributed by atoms with Crippen LogP contribution in [0.5, 0.6) is 0 Å². The number of rotatable bonds is 1. The fourth-order valence-electron chi connectivity index (χ4n) is 2.01. The lowest BCUT2D eigenvalue weighted by Gasteiger charge is -2.32. The molecule has 0 fully saturated rings. The minimum Gasteiger partial charge on any atom is -0.477 e. The molecule has 1 aliphatic rings. The number of aromatic carboxylic acids is 1. The number of alkyl halides is 2. The maximum Gasteiger partial charge on any atom is 0.342 e. The number of halogens is 2. The lowest BCUT2D eigenvalue weighted by molar-refractivity contribution is 0.0693. The minimum absolute atomic E-state index is 0.254. The van der Waals surface area contributed by atoms with E-state index < -0.39 is 14.8 Å². The molecule has 2 heterocycles. The molecule has 0 saturated carbocycles. The van der Waals surface area contributed by atoms with Crippen molar-refractivity contribution in [1.82, 2.24) is 9.55 Å². The van der Waals surface area contributed by atoms with Crippen LogP contribution >= 0.6 is 31.9 Å². The largest absolute Gasteiger partial charge is 0.477 e. The van der Waals surface area contributed by atoms with Crippen LogP contribution < -0.4 is 5.56 Å². The molecule has 17 heavy (non-hydrogen) atoms. The van der Waals surface area contributed by atoms with Crippen molar-refractivity contribution in [3.05, 3.63) is 27.9 Å². The summed E-state index contributed by atoms with van der Waals surface area (Å²) in [5.41, 5.74) is -0.795. The van der Waals surface area contributed by atoms with Gasteiger partial charge in [0.05, 0.1) is 0 Å². The summed E-state index contributed by atoms with van der Waals surface area (Å²) in [5.74, 6) is -0.471. The zero-order valence-corrected chi connectivity index (χ0v) is 12.2. The second-order valence-electron chi connectivity index (χ2n) is 4.23. The highest BCUT2D eigenvalue weighted by atomic mass is 79.9. The average Bonchev–Trinajstić information content (AvgIpc) is 2.17. The molecule has 0 spiro atoms. The van der Waals surface area contributed by atoms with Gasteiger partial charge in [0, 0.05) is 12.7 Å². The molecule has 1 aromatic rings. The standard InChI is InChI=1S/C10H10Br2N2O3/c1-5-2-10(11,12)9-13-3-6(8(16)17)7(15)14(9)4-5/h3,5H,2,4H2,1H3,(H,16,17). The van der Waals surface area contributed by atoms with Gasteiger partial charge in [0.1, 0.15) is 14.6 Å². The first-order chi connectivity index (χ1) is 7.83. The topological polar surface area (TPSA) is 72.2 Å². The third-order valence-corrected chi connectivity index (χ3v) is 4.06. The molecule has 1 aromatic heterocycles. The van der Waals surface area contributed by atoms with Crippen LogP contribution in [0.15, 0.2) is 11.0 Å². The predicted octanol–water partition coefficient (Wildman–Crippen LogP) is 1.92. The number of aromatic nitrogens is 2. The van der Waals surface area contributed by atoms with Gasteiger partial charge in [0.25, 0.3) is 5.56 Å². The van der Waals surface area contributed by atoms with Crippen molar-refractivity contribution in [3.8, 4) is 0 Å². The van der Waals surface area contributed by atoms with E-state index in [9.17, 15) is 9.59 Å². The Bertz CT molecular complexity index is 539. The second-order valence-corrected chi connectivity index (χ2v) is 8.00. The van der Waals surface area contributed by atoms with E-state index in [-0.39, 0.29) is 11.5 Å². The Kier molecular flexibility index (Phi) is 3.15. The molecule has 1 unspecified atom stereocenters. The van der Waals surface area contributed by atoms with E-state index in [0.29, 0.717) is 12.4 Å². The molecule has 0 amide bonds. The number of hydrogen-bond acceptors (Lipinski definition) is 3. The first-order valence-corrected chi connectivity index (χ1v) is 6.63. The summed E-state index contributed by atoms with van der Waals surface area (Å²) >= 11 is 6.95. The zero-order valence-electron chi connectivity index (χ0n) is 8.98. The van der Waals surface area contributed by atoms with Crippen LogP contribution in [0.2, 0.25) is 0 Å². The van der Waals surface area contributed by atoms with Gasteiger partial charge in [-0.05, 0) is 12.3 Å². The molecule has 0 aromatic carbocycles. The maximum atomic E-state index is 12.0. The van der Waals surface area contributed by atoms with Gasteiger partial charge >= 0.3 is 5.97 Å². The van der Waals surface area contributed by atoms with E-state index in [2.05, 4.69) is 36.8 Å². The van der Waals surface area contributed by atoms with Crippen molar-refractivity contribution in [2.45, 2.75) is 23.1 Å². The quantitative estimate of drug-likeness (QED) is 0.772. The molecule has 92 valence electrons. The third kappa shape index (κ3) is 2.18. The molecule has 1 N–H and O–H groups in total. The normalized spacial score (nSPS) is 21.9. The van der Waals surface area contributed by atoms with Crippen LogP contribution in [0.3, 0.4) is 0 Å². The lowest BCUT2D eigenvalue weighted by Crippen LogP contribution is -2.39. The van der Waals surface area contributed by atoms with E-state index in [1.54, 1.807) is 0 Å². The number of carbonyl (C=O) groups is 1. The number of fused-ring (bicyclic) bond motifs is 1. The predicted molar refractivity (Wildman–Crippen MR) is 68.8 cm³/mol. The summed E-state index contributed by atoms with van der Waals surface area (Å²) in [6.07, 6.45) is 1.90. The van der Waals surface area contributed by atoms with Gasteiger partial charge in [-0.25, -0.2) is 9.78 Å². The van der Waals surface area contributed by atoms with Crippen LogP contribution in [0.1, 0.15) is 29.5 Å². The second kappa shape index (κ2) is 4.20. The van der Waals surface area contributed by atoms with E-state index in [1.807, 2.05) is 6.92 Å². The molecule has 5 nitrogen and oxygen atoms in total. The Balaban J connectivity index is 2.68. The highest BCUT2D eigenvalue weighted by Gasteiger charge is 2.37. The Morgan fingerprint density at radius 1 is 1.65 bits per heavy atom. The van der Waals surface area contributed by atoms with Crippen molar-refractivity contribution >= 4 is 37.8 Å². The molecule has 0 bridgehead atoms. The molecule has 1 atom stereocenters. The fourth-order valence-corrected chi connectivity index (χ4v) is 3.74. The van der Waals surface area contributed by atoms with E-state index in [1.165, 1.54) is 4.57 Å². The first-order valence-electron chi connectivity index (χ1n) is 5.04. The van der Waals surface area contributed by atoms with E-state index >= 15 is 0 Å². The Hall–Kier alpha value is -0.690. The maximum absolute atomic E-state index is 12.0. The van der Waals surface area contributed by atoms with Crippen molar-refractivity contribution < 1.29 is 9.90 Å². The molecule has 2 rings (SSSR count). The van der Waals surface area contributed by atoms with Gasteiger partial charge in [0.2, 0.25) is 0 Å². The van der Waals surface area contributed by atoms with Crippen molar-refractivity contribution in [2.75, 3.05) is 0 Å². The smallest absolute Gasteiger partial charge is 0.342 e. The first kappa shape index (κ1) is 12.8. The molecule has 7 heteroatoms. The van der Waals surface area contributed by atoms with E-state index in [4.69, 9.17) is 5.11 Å². The average molecular weight is 366 g/mol. The molecule has 0 aliphatic carbocycles. The third-order valence-electron chi connectivity index (χ3n) is 2.70. The Morgan fingerprint density at radius 2 is 2.29 bits per heavy atom. The number of nitrogens with zero attached hydrogens (tertiary/aromatic N) is 2. The van der Waals surface area contributed by atoms with Crippen LogP contribution in [0, 0.1) is 5.92 Å². The molecule has 1 aliphatic heterocycles. The minimum atomic E-state index is -1.24. The van der Waals surface area contributed by atoms with Gasteiger partial charge < -0.3 is 5.11 Å². The van der Waals surface area contributed by atoms with Gasteiger partial charge in [0.15, 0.2) is 0 Å². The SMILES string of the molecule is CC1Cn2c(ncc(C(=O)O)c2=O)C(Br)(Br)C1. The summed E-state index contributed by atoms with van der Waals surface area (Å²) < 4.78 is 0.856. The summed E-state index contributed by atoms with van der Waals surface area (Å²) in [7, 11) is 0. The van der Waals surface area contributed by atoms with Crippen molar-refractivity contribution in [1.29, 1.82) is 0 Å². The summed E-state index contributed by atoms with van der Waals surface area (Å²) in [6, 6.07) is 0. The van der Waals surface area contributed by atoms with Crippen molar-refractivity contribution in [3.63, 3.8) is 0 Å². The Morgan fingerprint density at radius 3 is 2.88 bits per heavy atom. The summed E-state index contributed by atoms with van der Waals surface area (Å²) in [6.45, 7) is 2.49. The molecular weight excluding hydrogens is 356 g/mol. The number of carboxylic acids is 1. The zero-order chi connectivity index (χ0) is 12.8. The van der Waals surface area contributed by atoms with Crippen molar-refractivity contribution in [2.24, 2.45) is 5.92 Å². The molecule has 0 radical (unpaired) electrons. The highest BCUT2D eigenvalue weighted by Crippen LogP contribution is 2.45. The van der Waals surface area contributed by atoms with Crippen LogP contribution in [-0.4, -0.2) is 20.6 Å². The van der Waals surface area contributed by atoms with Gasteiger partial charge in [-0.15, -0.1) is 0 Å².